The van der Waals surface area contributed by atoms with Crippen molar-refractivity contribution < 1.29 is 23.4 Å². The molecular formula is C50H34B2N4O5. The molecule has 9 aromatic rings. The molecule has 9 nitrogen and oxygen atoms in total. The highest BCUT2D eigenvalue weighted by molar-refractivity contribution is 6.99. The largest absolute Gasteiger partial charge is 0.464 e. The second-order valence-corrected chi connectivity index (χ2v) is 16.4. The van der Waals surface area contributed by atoms with Crippen molar-refractivity contribution >= 4 is 46.2 Å². The van der Waals surface area contributed by atoms with E-state index >= 15 is 0 Å². The van der Waals surface area contributed by atoms with Gasteiger partial charge in [-0.25, -0.2) is 9.36 Å². The van der Waals surface area contributed by atoms with E-state index < -0.39 is 0 Å². The molecule has 0 bridgehead atoms. The molecule has 0 spiro atoms. The normalized spacial score (nSPS) is 13.4. The van der Waals surface area contributed by atoms with E-state index in [4.69, 9.17) is 33.6 Å². The van der Waals surface area contributed by atoms with Gasteiger partial charge in [0.2, 0.25) is 0 Å². The quantitative estimate of drug-likeness (QED) is 0.169. The third kappa shape index (κ3) is 5.10. The summed E-state index contributed by atoms with van der Waals surface area (Å²) in [7, 11) is 0. The molecule has 4 aliphatic rings. The van der Waals surface area contributed by atoms with Gasteiger partial charge in [-0.05, 0) is 152 Å². The Kier molecular flexibility index (Phi) is 6.98. The van der Waals surface area contributed by atoms with Crippen LogP contribution in [0.25, 0.3) is 33.8 Å². The smallest absolute Gasteiger partial charge is 0.260 e. The van der Waals surface area contributed by atoms with Crippen LogP contribution in [0.1, 0.15) is 22.8 Å². The zero-order valence-electron chi connectivity index (χ0n) is 33.7. The van der Waals surface area contributed by atoms with Gasteiger partial charge < -0.3 is 23.4 Å². The monoisotopic (exact) mass is 792 g/mol. The first-order valence-corrected chi connectivity index (χ1v) is 20.5. The summed E-state index contributed by atoms with van der Waals surface area (Å²) < 4.78 is 36.6. The first-order valence-electron chi connectivity index (χ1n) is 20.5. The fourth-order valence-electron chi connectivity index (χ4n) is 9.86. The molecule has 0 saturated carbocycles. The highest BCUT2D eigenvalue weighted by atomic mass is 16.5. The first-order chi connectivity index (χ1) is 29.8. The minimum absolute atomic E-state index is 0.112. The second kappa shape index (κ2) is 12.4. The summed E-state index contributed by atoms with van der Waals surface area (Å²) in [5.41, 5.74) is 15.3. The zero-order chi connectivity index (χ0) is 40.7. The van der Waals surface area contributed by atoms with Crippen molar-refractivity contribution in [3.05, 3.63) is 156 Å². The van der Waals surface area contributed by atoms with E-state index in [1.165, 1.54) is 0 Å². The third-order valence-electron chi connectivity index (χ3n) is 12.5. The molecule has 6 aromatic carbocycles. The number of nitrogens with zero attached hydrogens (tertiary/aromatic N) is 4. The minimum atomic E-state index is -0.123. The van der Waals surface area contributed by atoms with Gasteiger partial charge in [0.25, 0.3) is 13.4 Å². The maximum absolute atomic E-state index is 6.57. The lowest BCUT2D eigenvalue weighted by Crippen LogP contribution is -2.57. The fourth-order valence-corrected chi connectivity index (χ4v) is 9.86. The minimum Gasteiger partial charge on any atom is -0.464 e. The second-order valence-electron chi connectivity index (χ2n) is 16.4. The van der Waals surface area contributed by atoms with E-state index in [0.717, 1.165) is 135 Å². The van der Waals surface area contributed by atoms with Gasteiger partial charge in [-0.2, -0.15) is 10.2 Å². The lowest BCUT2D eigenvalue weighted by molar-refractivity contribution is 0.464. The van der Waals surface area contributed by atoms with Gasteiger partial charge in [0, 0.05) is 33.4 Å². The molecule has 0 radical (unpaired) electrons. The summed E-state index contributed by atoms with van der Waals surface area (Å²) in [6, 6.07) is 43.7. The van der Waals surface area contributed by atoms with Crippen molar-refractivity contribution in [3.63, 3.8) is 0 Å². The molecule has 0 fully saturated rings. The van der Waals surface area contributed by atoms with Crippen molar-refractivity contribution in [3.8, 4) is 79.8 Å². The number of aromatic nitrogens is 4. The maximum atomic E-state index is 6.57. The number of aryl methyl sites for hydroxylation is 4. The van der Waals surface area contributed by atoms with Crippen molar-refractivity contribution in [2.24, 2.45) is 0 Å². The summed E-state index contributed by atoms with van der Waals surface area (Å²) >= 11 is 0. The SMILES string of the molecule is Cc1cc(C)n(-c2ccc3c(c2)B2c4cc(-c5coc(-c6ccc7c(c6)B6c8cc(-n9nc(C)cc9C)ccc8Oc8cccc(c86)O7)c5)ccc4Oc4cccc(c42)O3)n1. The molecular weight excluding hydrogens is 758 g/mol. The Balaban J connectivity index is 0.893. The average molecular weight is 792 g/mol. The molecule has 0 unspecified atom stereocenters. The van der Waals surface area contributed by atoms with Crippen LogP contribution in [0.2, 0.25) is 0 Å². The van der Waals surface area contributed by atoms with Crippen molar-refractivity contribution in [2.75, 3.05) is 0 Å². The van der Waals surface area contributed by atoms with Gasteiger partial charge in [0.15, 0.2) is 0 Å². The van der Waals surface area contributed by atoms with Crippen LogP contribution in [0.5, 0.6) is 46.0 Å². The highest BCUT2D eigenvalue weighted by Gasteiger charge is 2.42. The van der Waals surface area contributed by atoms with Crippen LogP contribution in [-0.4, -0.2) is 33.0 Å². The Bertz CT molecular complexity index is 3120. The highest BCUT2D eigenvalue weighted by Crippen LogP contribution is 2.39. The molecule has 0 N–H and O–H groups in total. The molecule has 290 valence electrons. The van der Waals surface area contributed by atoms with Crippen LogP contribution < -0.4 is 51.7 Å². The Morgan fingerprint density at radius 2 is 0.836 bits per heavy atom. The number of hydrogen-bond acceptors (Lipinski definition) is 7. The van der Waals surface area contributed by atoms with Crippen molar-refractivity contribution in [1.82, 2.24) is 19.6 Å². The van der Waals surface area contributed by atoms with E-state index in [9.17, 15) is 0 Å². The number of ether oxygens (including phenoxy) is 4. The van der Waals surface area contributed by atoms with Crippen LogP contribution in [0, 0.1) is 27.7 Å². The lowest BCUT2D eigenvalue weighted by atomic mass is 9.34. The van der Waals surface area contributed by atoms with E-state index in [1.54, 1.807) is 0 Å². The molecule has 0 saturated heterocycles. The number of furan rings is 1. The molecule has 4 aliphatic heterocycles. The van der Waals surface area contributed by atoms with Gasteiger partial charge in [0.1, 0.15) is 51.8 Å². The van der Waals surface area contributed by atoms with Gasteiger partial charge in [0.05, 0.1) is 29.0 Å². The third-order valence-corrected chi connectivity index (χ3v) is 12.5. The summed E-state index contributed by atoms with van der Waals surface area (Å²) in [6.45, 7) is 7.96. The Morgan fingerprint density at radius 1 is 0.410 bits per heavy atom. The number of rotatable bonds is 4. The summed E-state index contributed by atoms with van der Waals surface area (Å²) in [6.07, 6.45) is 1.84. The van der Waals surface area contributed by atoms with Crippen LogP contribution >= 0.6 is 0 Å². The summed E-state index contributed by atoms with van der Waals surface area (Å²) in [4.78, 5) is 0. The molecule has 61 heavy (non-hydrogen) atoms. The van der Waals surface area contributed by atoms with Gasteiger partial charge in [-0.15, -0.1) is 0 Å². The van der Waals surface area contributed by atoms with Crippen LogP contribution in [0.4, 0.5) is 0 Å². The van der Waals surface area contributed by atoms with E-state index in [0.29, 0.717) is 0 Å². The van der Waals surface area contributed by atoms with Gasteiger partial charge in [-0.1, -0.05) is 30.3 Å². The Morgan fingerprint density at radius 3 is 1.30 bits per heavy atom. The standard InChI is InChI=1S/C50H34B2N4O5/c1-27-19-29(3)55(53-27)34-13-17-42-38(24-34)51-36-21-31(11-15-40(36)58-44-7-5-9-46(60-42)49(44)51)33-23-48(57-26-33)32-12-16-41-37(22-32)52-39-25-35(56-30(4)20-28(2)54-56)14-18-43(39)61-47-10-6-8-45(59-41)50(47)52/h5-26H,1-4H3. The summed E-state index contributed by atoms with van der Waals surface area (Å²) in [5, 5.41) is 9.57. The van der Waals surface area contributed by atoms with Crippen molar-refractivity contribution in [1.29, 1.82) is 0 Å². The lowest BCUT2D eigenvalue weighted by Gasteiger charge is -2.33. The molecule has 0 aliphatic carbocycles. The van der Waals surface area contributed by atoms with Crippen molar-refractivity contribution in [2.45, 2.75) is 27.7 Å². The predicted octanol–water partition coefficient (Wildman–Crippen LogP) is 7.67. The maximum Gasteiger partial charge on any atom is 0.260 e. The topological polar surface area (TPSA) is 85.7 Å². The molecule has 0 amide bonds. The molecule has 7 heterocycles. The number of benzene rings is 6. The molecule has 0 atom stereocenters. The van der Waals surface area contributed by atoms with E-state index in [1.807, 2.05) is 65.9 Å². The van der Waals surface area contributed by atoms with E-state index in [-0.39, 0.29) is 13.4 Å². The van der Waals surface area contributed by atoms with Crippen LogP contribution in [-0.2, 0) is 0 Å². The molecule has 3 aromatic heterocycles. The van der Waals surface area contributed by atoms with E-state index in [2.05, 4.69) is 105 Å². The average Bonchev–Trinajstić information content (AvgIpc) is 4.00. The molecule has 13 rings (SSSR count). The van der Waals surface area contributed by atoms with Crippen LogP contribution in [0.15, 0.2) is 138 Å². The van der Waals surface area contributed by atoms with Crippen LogP contribution in [0.3, 0.4) is 0 Å². The van der Waals surface area contributed by atoms with Gasteiger partial charge in [-0.3, -0.25) is 0 Å². The predicted molar refractivity (Wildman–Crippen MR) is 238 cm³/mol. The number of fused-ring (bicyclic) bond motifs is 8. The first kappa shape index (κ1) is 34.2. The fraction of sp³-hybridized carbons (Fsp3) is 0.0800. The van der Waals surface area contributed by atoms with Gasteiger partial charge >= 0.3 is 0 Å². The molecule has 11 heteroatoms. The zero-order valence-corrected chi connectivity index (χ0v) is 33.7. The number of hydrogen-bond donors (Lipinski definition) is 0. The Hall–Kier alpha value is -7.65. The summed E-state index contributed by atoms with van der Waals surface area (Å²) in [5.74, 6) is 7.23. The Labute approximate surface area is 351 Å².